The summed E-state index contributed by atoms with van der Waals surface area (Å²) in [5.74, 6) is 0.721. The van der Waals surface area contributed by atoms with E-state index in [9.17, 15) is 4.79 Å². The quantitative estimate of drug-likeness (QED) is 0.852. The molecular formula is C14H18N4OS. The van der Waals surface area contributed by atoms with E-state index >= 15 is 0 Å². The minimum atomic E-state index is -0.476. The summed E-state index contributed by atoms with van der Waals surface area (Å²) >= 11 is 1.68. The molecule has 3 N–H and O–H groups in total. The van der Waals surface area contributed by atoms with Gasteiger partial charge in [-0.3, -0.25) is 4.79 Å². The molecule has 0 radical (unpaired) electrons. The molecule has 0 aliphatic heterocycles. The van der Waals surface area contributed by atoms with Crippen LogP contribution in [0.3, 0.4) is 0 Å². The van der Waals surface area contributed by atoms with Gasteiger partial charge >= 0.3 is 0 Å². The van der Waals surface area contributed by atoms with Gasteiger partial charge in [-0.05, 0) is 42.7 Å². The van der Waals surface area contributed by atoms with Gasteiger partial charge in [0.05, 0.1) is 11.7 Å². The zero-order chi connectivity index (χ0) is 14.4. The predicted octanol–water partition coefficient (Wildman–Crippen LogP) is 1.89. The molecule has 0 fully saturated rings. The topological polar surface area (TPSA) is 72.9 Å². The summed E-state index contributed by atoms with van der Waals surface area (Å²) in [7, 11) is 0. The third-order valence-corrected chi connectivity index (χ3v) is 3.50. The highest BCUT2D eigenvalue weighted by Crippen LogP contribution is 2.14. The van der Waals surface area contributed by atoms with Gasteiger partial charge in [0, 0.05) is 18.1 Å². The number of carbonyl (C=O) groups is 1. The van der Waals surface area contributed by atoms with Gasteiger partial charge < -0.3 is 11.1 Å². The van der Waals surface area contributed by atoms with Crippen molar-refractivity contribution in [3.05, 3.63) is 42.7 Å². The van der Waals surface area contributed by atoms with Crippen LogP contribution in [0.1, 0.15) is 6.42 Å². The number of rotatable bonds is 6. The molecule has 6 heteroatoms. The number of thioether (sulfide) groups is 1. The SMILES string of the molecule is CSCC[C@H](N)C(=O)Nc1cccc(-n2cccn2)c1. The molecule has 1 aromatic carbocycles. The monoisotopic (exact) mass is 290 g/mol. The number of anilines is 1. The number of hydrogen-bond acceptors (Lipinski definition) is 4. The third-order valence-electron chi connectivity index (χ3n) is 2.85. The molecule has 1 atom stereocenters. The van der Waals surface area contributed by atoms with E-state index in [4.69, 9.17) is 5.73 Å². The molecule has 1 aromatic heterocycles. The lowest BCUT2D eigenvalue weighted by atomic mass is 10.2. The zero-order valence-corrected chi connectivity index (χ0v) is 12.1. The standard InChI is InChI=1S/C14H18N4OS/c1-20-9-6-13(15)14(19)17-11-4-2-5-12(10-11)18-8-3-7-16-18/h2-5,7-8,10,13H,6,9,15H2,1H3,(H,17,19)/t13-/m0/s1. The minimum absolute atomic E-state index is 0.156. The Balaban J connectivity index is 2.03. The number of nitrogens with one attached hydrogen (secondary N) is 1. The highest BCUT2D eigenvalue weighted by molar-refractivity contribution is 7.98. The van der Waals surface area contributed by atoms with E-state index in [0.717, 1.165) is 17.1 Å². The maximum Gasteiger partial charge on any atom is 0.241 e. The van der Waals surface area contributed by atoms with Crippen LogP contribution in [0.5, 0.6) is 0 Å². The van der Waals surface area contributed by atoms with Crippen LogP contribution in [0.25, 0.3) is 5.69 Å². The second-order valence-electron chi connectivity index (χ2n) is 4.38. The van der Waals surface area contributed by atoms with E-state index in [0.29, 0.717) is 6.42 Å². The van der Waals surface area contributed by atoms with Gasteiger partial charge in [-0.2, -0.15) is 16.9 Å². The van der Waals surface area contributed by atoms with Gasteiger partial charge in [0.15, 0.2) is 0 Å². The van der Waals surface area contributed by atoms with Gasteiger partial charge in [0.25, 0.3) is 0 Å². The van der Waals surface area contributed by atoms with Crippen LogP contribution in [-0.2, 0) is 4.79 Å². The Morgan fingerprint density at radius 1 is 1.50 bits per heavy atom. The number of hydrogen-bond donors (Lipinski definition) is 2. The number of nitrogens with zero attached hydrogens (tertiary/aromatic N) is 2. The molecule has 2 rings (SSSR count). The fourth-order valence-electron chi connectivity index (χ4n) is 1.76. The van der Waals surface area contributed by atoms with Gasteiger partial charge in [-0.15, -0.1) is 0 Å². The summed E-state index contributed by atoms with van der Waals surface area (Å²) in [5, 5.41) is 7.00. The Hall–Kier alpha value is -1.79. The van der Waals surface area contributed by atoms with E-state index in [1.54, 1.807) is 22.6 Å². The maximum absolute atomic E-state index is 11.9. The lowest BCUT2D eigenvalue weighted by molar-refractivity contribution is -0.117. The summed E-state index contributed by atoms with van der Waals surface area (Å²) in [6.45, 7) is 0. The second-order valence-corrected chi connectivity index (χ2v) is 5.36. The lowest BCUT2D eigenvalue weighted by Gasteiger charge is -2.12. The Morgan fingerprint density at radius 3 is 3.05 bits per heavy atom. The normalized spacial score (nSPS) is 12.1. The van der Waals surface area contributed by atoms with Crippen LogP contribution in [0.15, 0.2) is 42.7 Å². The van der Waals surface area contributed by atoms with E-state index in [-0.39, 0.29) is 5.91 Å². The smallest absolute Gasteiger partial charge is 0.241 e. The summed E-state index contributed by atoms with van der Waals surface area (Å²) in [6, 6.07) is 8.88. The molecule has 0 bridgehead atoms. The number of aromatic nitrogens is 2. The van der Waals surface area contributed by atoms with E-state index in [1.165, 1.54) is 0 Å². The molecule has 20 heavy (non-hydrogen) atoms. The summed E-state index contributed by atoms with van der Waals surface area (Å²) in [5.41, 5.74) is 7.46. The molecule has 106 valence electrons. The highest BCUT2D eigenvalue weighted by Gasteiger charge is 2.13. The van der Waals surface area contributed by atoms with Gasteiger partial charge in [-0.25, -0.2) is 4.68 Å². The molecule has 0 saturated carbocycles. The fourth-order valence-corrected chi connectivity index (χ4v) is 2.25. The molecule has 0 aliphatic carbocycles. The Labute approximate surface area is 122 Å². The van der Waals surface area contributed by atoms with Crippen molar-refractivity contribution >= 4 is 23.4 Å². The van der Waals surface area contributed by atoms with Crippen molar-refractivity contribution in [3.63, 3.8) is 0 Å². The van der Waals surface area contributed by atoms with Gasteiger partial charge in [0.2, 0.25) is 5.91 Å². The first kappa shape index (κ1) is 14.6. The fraction of sp³-hybridized carbons (Fsp3) is 0.286. The maximum atomic E-state index is 11.9. The average molecular weight is 290 g/mol. The van der Waals surface area contributed by atoms with Crippen molar-refractivity contribution in [2.45, 2.75) is 12.5 Å². The van der Waals surface area contributed by atoms with Crippen molar-refractivity contribution in [3.8, 4) is 5.69 Å². The third kappa shape index (κ3) is 3.85. The predicted molar refractivity (Wildman–Crippen MR) is 83.2 cm³/mol. The second kappa shape index (κ2) is 7.12. The Morgan fingerprint density at radius 2 is 2.35 bits per heavy atom. The average Bonchev–Trinajstić information content (AvgIpc) is 2.99. The summed E-state index contributed by atoms with van der Waals surface area (Å²) in [6.07, 6.45) is 6.23. The highest BCUT2D eigenvalue weighted by atomic mass is 32.2. The van der Waals surface area contributed by atoms with Crippen molar-refractivity contribution in [2.75, 3.05) is 17.3 Å². The van der Waals surface area contributed by atoms with Crippen LogP contribution in [0.4, 0.5) is 5.69 Å². The number of nitrogens with two attached hydrogens (primary N) is 1. The van der Waals surface area contributed by atoms with Crippen LogP contribution < -0.4 is 11.1 Å². The van der Waals surface area contributed by atoms with Crippen LogP contribution in [0, 0.1) is 0 Å². The molecule has 0 saturated heterocycles. The molecule has 0 aliphatic rings. The van der Waals surface area contributed by atoms with Gasteiger partial charge in [0.1, 0.15) is 0 Å². The summed E-state index contributed by atoms with van der Waals surface area (Å²) < 4.78 is 1.74. The number of amides is 1. The van der Waals surface area contributed by atoms with Crippen molar-refractivity contribution < 1.29 is 4.79 Å². The molecular weight excluding hydrogens is 272 g/mol. The molecule has 5 nitrogen and oxygen atoms in total. The lowest BCUT2D eigenvalue weighted by Crippen LogP contribution is -2.36. The van der Waals surface area contributed by atoms with E-state index < -0.39 is 6.04 Å². The first-order valence-corrected chi connectivity index (χ1v) is 7.75. The zero-order valence-electron chi connectivity index (χ0n) is 11.3. The van der Waals surface area contributed by atoms with Crippen LogP contribution in [0.2, 0.25) is 0 Å². The Kier molecular flexibility index (Phi) is 5.20. The molecule has 1 heterocycles. The van der Waals surface area contributed by atoms with Crippen molar-refractivity contribution in [1.82, 2.24) is 9.78 Å². The number of benzene rings is 1. The van der Waals surface area contributed by atoms with E-state index in [2.05, 4.69) is 10.4 Å². The summed E-state index contributed by atoms with van der Waals surface area (Å²) in [4.78, 5) is 11.9. The minimum Gasteiger partial charge on any atom is -0.325 e. The number of carbonyl (C=O) groups excluding carboxylic acids is 1. The largest absolute Gasteiger partial charge is 0.325 e. The first-order chi connectivity index (χ1) is 9.70. The van der Waals surface area contributed by atoms with Crippen molar-refractivity contribution in [2.24, 2.45) is 5.73 Å². The molecule has 2 aromatic rings. The van der Waals surface area contributed by atoms with Crippen molar-refractivity contribution in [1.29, 1.82) is 0 Å². The van der Waals surface area contributed by atoms with Gasteiger partial charge in [-0.1, -0.05) is 6.07 Å². The van der Waals surface area contributed by atoms with Crippen LogP contribution >= 0.6 is 11.8 Å². The molecule has 0 spiro atoms. The molecule has 1 amide bonds. The Bertz CT molecular complexity index is 556. The van der Waals surface area contributed by atoms with E-state index in [1.807, 2.05) is 42.8 Å². The molecule has 0 unspecified atom stereocenters. The van der Waals surface area contributed by atoms with Crippen LogP contribution in [-0.4, -0.2) is 33.7 Å². The first-order valence-electron chi connectivity index (χ1n) is 6.36.